The van der Waals surface area contributed by atoms with Crippen molar-refractivity contribution in [3.05, 3.63) is 88.7 Å². The lowest BCUT2D eigenvalue weighted by molar-refractivity contribution is -0.133. The van der Waals surface area contributed by atoms with Gasteiger partial charge in [0.1, 0.15) is 12.3 Å². The quantitative estimate of drug-likeness (QED) is 0.271. The normalized spacial score (nSPS) is 11.0. The number of aromatic nitrogens is 1. The molecule has 37 heavy (non-hydrogen) atoms. The van der Waals surface area contributed by atoms with Gasteiger partial charge in [-0.2, -0.15) is 0 Å². The molecule has 7 heteroatoms. The van der Waals surface area contributed by atoms with Crippen LogP contribution in [0.2, 0.25) is 5.02 Å². The molecule has 0 spiro atoms. The lowest BCUT2D eigenvalue weighted by Crippen LogP contribution is -2.44. The van der Waals surface area contributed by atoms with Crippen LogP contribution in [-0.2, 0) is 17.9 Å². The highest BCUT2D eigenvalue weighted by Gasteiger charge is 2.24. The van der Waals surface area contributed by atoms with E-state index in [9.17, 15) is 9.59 Å². The number of amides is 2. The van der Waals surface area contributed by atoms with Crippen molar-refractivity contribution in [1.82, 2.24) is 14.4 Å². The number of ether oxygens (including phenoxy) is 1. The standard InChI is InChI=1S/C30H38ClN3O3/c1-5-6-16-33(30(36)24-12-9-14-27(18-24)37-4)22-29(35)34(19-23(2)3)21-26-13-10-17-32(26)20-25-11-7-8-15-28(25)31/h7-15,17-18,23H,5-6,16,19-22H2,1-4H3. The minimum absolute atomic E-state index is 0.0357. The summed E-state index contributed by atoms with van der Waals surface area (Å²) in [6.45, 7) is 8.52. The van der Waals surface area contributed by atoms with Crippen LogP contribution in [0.25, 0.3) is 0 Å². The van der Waals surface area contributed by atoms with Crippen LogP contribution in [0.15, 0.2) is 66.9 Å². The number of halogens is 1. The summed E-state index contributed by atoms with van der Waals surface area (Å²) < 4.78 is 7.42. The van der Waals surface area contributed by atoms with Gasteiger partial charge in [0, 0.05) is 42.1 Å². The van der Waals surface area contributed by atoms with E-state index in [0.717, 1.165) is 29.1 Å². The fourth-order valence-corrected chi connectivity index (χ4v) is 4.45. The Bertz CT molecular complexity index is 1170. The Labute approximate surface area is 225 Å². The van der Waals surface area contributed by atoms with E-state index in [4.69, 9.17) is 16.3 Å². The van der Waals surface area contributed by atoms with Crippen LogP contribution in [0.1, 0.15) is 55.2 Å². The first-order valence-corrected chi connectivity index (χ1v) is 13.3. The molecule has 6 nitrogen and oxygen atoms in total. The molecule has 0 saturated carbocycles. The van der Waals surface area contributed by atoms with Gasteiger partial charge in [-0.3, -0.25) is 9.59 Å². The molecule has 0 bridgehead atoms. The number of rotatable bonds is 13. The van der Waals surface area contributed by atoms with Crippen molar-refractivity contribution < 1.29 is 14.3 Å². The highest BCUT2D eigenvalue weighted by atomic mass is 35.5. The van der Waals surface area contributed by atoms with Crippen LogP contribution in [0.3, 0.4) is 0 Å². The number of carbonyl (C=O) groups is 2. The summed E-state index contributed by atoms with van der Waals surface area (Å²) >= 11 is 6.39. The number of hydrogen-bond donors (Lipinski definition) is 0. The smallest absolute Gasteiger partial charge is 0.254 e. The van der Waals surface area contributed by atoms with Crippen LogP contribution in [0.5, 0.6) is 5.75 Å². The van der Waals surface area contributed by atoms with Crippen LogP contribution in [0.4, 0.5) is 0 Å². The van der Waals surface area contributed by atoms with E-state index >= 15 is 0 Å². The van der Waals surface area contributed by atoms with Gasteiger partial charge >= 0.3 is 0 Å². The van der Waals surface area contributed by atoms with Crippen molar-refractivity contribution >= 4 is 23.4 Å². The summed E-state index contributed by atoms with van der Waals surface area (Å²) in [4.78, 5) is 30.6. The van der Waals surface area contributed by atoms with Crippen molar-refractivity contribution in [2.24, 2.45) is 5.92 Å². The fraction of sp³-hybridized carbons (Fsp3) is 0.400. The summed E-state index contributed by atoms with van der Waals surface area (Å²) in [5.41, 5.74) is 2.57. The molecule has 2 amide bonds. The van der Waals surface area contributed by atoms with Gasteiger partial charge in [-0.15, -0.1) is 0 Å². The zero-order chi connectivity index (χ0) is 26.8. The Kier molecular flexibility index (Phi) is 10.6. The van der Waals surface area contributed by atoms with Gasteiger partial charge in [0.05, 0.1) is 13.7 Å². The third-order valence-electron chi connectivity index (χ3n) is 6.22. The molecule has 198 valence electrons. The first-order chi connectivity index (χ1) is 17.8. The van der Waals surface area contributed by atoms with E-state index in [-0.39, 0.29) is 24.3 Å². The maximum absolute atomic E-state index is 13.6. The minimum Gasteiger partial charge on any atom is -0.497 e. The second-order valence-corrected chi connectivity index (χ2v) is 10.1. The lowest BCUT2D eigenvalue weighted by atomic mass is 10.1. The number of hydrogen-bond acceptors (Lipinski definition) is 3. The van der Waals surface area contributed by atoms with Gasteiger partial charge in [0.25, 0.3) is 5.91 Å². The van der Waals surface area contributed by atoms with Crippen LogP contribution in [-0.4, -0.2) is 52.9 Å². The van der Waals surface area contributed by atoms with Gasteiger partial charge in [-0.1, -0.05) is 63.1 Å². The first-order valence-electron chi connectivity index (χ1n) is 12.9. The molecule has 3 rings (SSSR count). The van der Waals surface area contributed by atoms with E-state index in [0.29, 0.717) is 37.5 Å². The maximum atomic E-state index is 13.6. The van der Waals surface area contributed by atoms with Gasteiger partial charge in [0.2, 0.25) is 5.91 Å². The molecule has 3 aromatic rings. The Morgan fingerprint density at radius 2 is 1.81 bits per heavy atom. The predicted molar refractivity (Wildman–Crippen MR) is 149 cm³/mol. The zero-order valence-corrected chi connectivity index (χ0v) is 23.1. The molecule has 0 fully saturated rings. The average molecular weight is 524 g/mol. The summed E-state index contributed by atoms with van der Waals surface area (Å²) in [5, 5.41) is 0.722. The molecule has 0 saturated heterocycles. The number of benzene rings is 2. The predicted octanol–water partition coefficient (Wildman–Crippen LogP) is 6.13. The van der Waals surface area contributed by atoms with Gasteiger partial charge < -0.3 is 19.1 Å². The summed E-state index contributed by atoms with van der Waals surface area (Å²) in [6, 6.07) is 18.9. The van der Waals surface area contributed by atoms with Crippen molar-refractivity contribution in [3.63, 3.8) is 0 Å². The molecule has 0 radical (unpaired) electrons. The number of unbranched alkanes of at least 4 members (excludes halogenated alkanes) is 1. The highest BCUT2D eigenvalue weighted by Crippen LogP contribution is 2.19. The molecule has 0 atom stereocenters. The Morgan fingerprint density at radius 3 is 2.51 bits per heavy atom. The van der Waals surface area contributed by atoms with E-state index in [1.54, 1.807) is 36.3 Å². The molecular weight excluding hydrogens is 486 g/mol. The SMILES string of the molecule is CCCCN(CC(=O)N(Cc1cccn1Cc1ccccc1Cl)CC(C)C)C(=O)c1cccc(OC)c1. The lowest BCUT2D eigenvalue weighted by Gasteiger charge is -2.29. The third kappa shape index (κ3) is 8.12. The van der Waals surface area contributed by atoms with Gasteiger partial charge in [-0.05, 0) is 54.3 Å². The van der Waals surface area contributed by atoms with Gasteiger partial charge in [0.15, 0.2) is 0 Å². The second kappa shape index (κ2) is 13.9. The van der Waals surface area contributed by atoms with Gasteiger partial charge in [-0.25, -0.2) is 0 Å². The molecule has 0 N–H and O–H groups in total. The molecule has 0 aliphatic rings. The van der Waals surface area contributed by atoms with Crippen molar-refractivity contribution in [3.8, 4) is 5.75 Å². The first kappa shape index (κ1) is 28.3. The summed E-state index contributed by atoms with van der Waals surface area (Å²) in [5.74, 6) is 0.682. The summed E-state index contributed by atoms with van der Waals surface area (Å²) in [6.07, 6.45) is 3.77. The van der Waals surface area contributed by atoms with Crippen LogP contribution < -0.4 is 4.74 Å². The molecule has 2 aromatic carbocycles. The molecular formula is C30H38ClN3O3. The topological polar surface area (TPSA) is 54.8 Å². The average Bonchev–Trinajstić information content (AvgIpc) is 3.33. The largest absolute Gasteiger partial charge is 0.497 e. The number of methoxy groups -OCH3 is 1. The molecule has 0 aliphatic carbocycles. The van der Waals surface area contributed by atoms with Crippen LogP contribution in [0, 0.1) is 5.92 Å². The molecule has 1 heterocycles. The van der Waals surface area contributed by atoms with E-state index in [1.807, 2.05) is 47.5 Å². The van der Waals surface area contributed by atoms with Crippen molar-refractivity contribution in [2.45, 2.75) is 46.7 Å². The van der Waals surface area contributed by atoms with E-state index in [1.165, 1.54) is 0 Å². The Hall–Kier alpha value is -3.25. The monoisotopic (exact) mass is 523 g/mol. The summed E-state index contributed by atoms with van der Waals surface area (Å²) in [7, 11) is 1.58. The van der Waals surface area contributed by atoms with Crippen LogP contribution >= 0.6 is 11.6 Å². The minimum atomic E-state index is -0.160. The van der Waals surface area contributed by atoms with E-state index < -0.39 is 0 Å². The second-order valence-electron chi connectivity index (χ2n) is 9.70. The Balaban J connectivity index is 1.79. The zero-order valence-electron chi connectivity index (χ0n) is 22.3. The number of carbonyl (C=O) groups excluding carboxylic acids is 2. The molecule has 0 aliphatic heterocycles. The number of nitrogens with zero attached hydrogens (tertiary/aromatic N) is 3. The fourth-order valence-electron chi connectivity index (χ4n) is 4.25. The van der Waals surface area contributed by atoms with E-state index in [2.05, 4.69) is 25.3 Å². The third-order valence-corrected chi connectivity index (χ3v) is 6.59. The molecule has 1 aromatic heterocycles. The maximum Gasteiger partial charge on any atom is 0.254 e. The van der Waals surface area contributed by atoms with Crippen molar-refractivity contribution in [1.29, 1.82) is 0 Å². The Morgan fingerprint density at radius 1 is 1.03 bits per heavy atom. The molecule has 0 unspecified atom stereocenters. The highest BCUT2D eigenvalue weighted by molar-refractivity contribution is 6.31. The van der Waals surface area contributed by atoms with Crippen molar-refractivity contribution in [2.75, 3.05) is 26.7 Å².